The van der Waals surface area contributed by atoms with Crippen LogP contribution in [-0.2, 0) is 21.7 Å². The Balaban J connectivity index is 1.81. The summed E-state index contributed by atoms with van der Waals surface area (Å²) >= 11 is 0. The molecule has 0 radical (unpaired) electrons. The van der Waals surface area contributed by atoms with Crippen molar-refractivity contribution >= 4 is 11.4 Å². The van der Waals surface area contributed by atoms with E-state index in [4.69, 9.17) is 9.47 Å². The van der Waals surface area contributed by atoms with E-state index in [1.54, 1.807) is 0 Å². The van der Waals surface area contributed by atoms with Crippen LogP contribution < -0.4 is 20.1 Å². The molecule has 0 spiro atoms. The molecule has 0 fully saturated rings. The molecule has 4 heteroatoms. The molecule has 0 aromatic heterocycles. The van der Waals surface area contributed by atoms with E-state index in [0.29, 0.717) is 0 Å². The Morgan fingerprint density at radius 1 is 0.500 bits per heavy atom. The lowest BCUT2D eigenvalue weighted by Gasteiger charge is -2.43. The molecule has 0 amide bonds. The molecule has 2 aromatic carbocycles. The normalized spacial score (nSPS) is 20.1. The van der Waals surface area contributed by atoms with E-state index in [1.165, 1.54) is 22.3 Å². The molecule has 0 aliphatic carbocycles. The molecule has 2 atom stereocenters. The van der Waals surface area contributed by atoms with Gasteiger partial charge in [-0.15, -0.1) is 0 Å². The number of benzene rings is 2. The summed E-state index contributed by atoms with van der Waals surface area (Å²) in [5.74, 6) is 1.84. The standard InChI is InChI=1S/C30H44N2O2/c1-27(2,3)17-13-19(29(7,8)9)23-21(15-17)31-25-26(33-23)32-22-16-18(28(4,5)6)14-20(24(22)34-25)30(10,11)12/h13-16,25-26,31-32H,1-12H3/t25-,26-/m1/s1. The zero-order chi connectivity index (χ0) is 25.4. The highest BCUT2D eigenvalue weighted by Gasteiger charge is 2.41. The molecule has 0 saturated carbocycles. The summed E-state index contributed by atoms with van der Waals surface area (Å²) in [4.78, 5) is 0. The molecular weight excluding hydrogens is 420 g/mol. The van der Waals surface area contributed by atoms with Gasteiger partial charge in [0.2, 0.25) is 12.5 Å². The van der Waals surface area contributed by atoms with E-state index >= 15 is 0 Å². The molecule has 0 unspecified atom stereocenters. The molecule has 2 aromatic rings. The number of nitrogens with one attached hydrogen (secondary N) is 2. The summed E-state index contributed by atoms with van der Waals surface area (Å²) < 4.78 is 13.3. The van der Waals surface area contributed by atoms with E-state index in [1.807, 2.05) is 0 Å². The van der Waals surface area contributed by atoms with Crippen LogP contribution in [0.5, 0.6) is 11.5 Å². The first-order valence-electron chi connectivity index (χ1n) is 12.6. The molecule has 2 aliphatic heterocycles. The minimum atomic E-state index is -0.315. The van der Waals surface area contributed by atoms with Gasteiger partial charge in [-0.05, 0) is 44.9 Å². The molecule has 2 N–H and O–H groups in total. The van der Waals surface area contributed by atoms with Crippen molar-refractivity contribution in [1.82, 2.24) is 0 Å². The third-order valence-electron chi connectivity index (χ3n) is 6.89. The quantitative estimate of drug-likeness (QED) is 0.417. The Kier molecular flexibility index (Phi) is 5.51. The Bertz CT molecular complexity index is 1020. The summed E-state index contributed by atoms with van der Waals surface area (Å²) in [6.45, 7) is 27.0. The number of hydrogen-bond donors (Lipinski definition) is 2. The van der Waals surface area contributed by atoms with Crippen LogP contribution in [0.2, 0.25) is 0 Å². The highest BCUT2D eigenvalue weighted by atomic mass is 16.6. The molecule has 34 heavy (non-hydrogen) atoms. The first-order valence-corrected chi connectivity index (χ1v) is 12.6. The van der Waals surface area contributed by atoms with Gasteiger partial charge in [0.05, 0.1) is 11.4 Å². The van der Waals surface area contributed by atoms with E-state index in [9.17, 15) is 0 Å². The van der Waals surface area contributed by atoms with Crippen molar-refractivity contribution in [3.05, 3.63) is 46.5 Å². The van der Waals surface area contributed by atoms with Crippen molar-refractivity contribution in [2.45, 2.75) is 117 Å². The van der Waals surface area contributed by atoms with Gasteiger partial charge in [-0.2, -0.15) is 0 Å². The van der Waals surface area contributed by atoms with Crippen molar-refractivity contribution < 1.29 is 9.47 Å². The fraction of sp³-hybridized carbons (Fsp3) is 0.600. The predicted molar refractivity (Wildman–Crippen MR) is 144 cm³/mol. The van der Waals surface area contributed by atoms with Crippen molar-refractivity contribution in [3.8, 4) is 11.5 Å². The third kappa shape index (κ3) is 4.48. The van der Waals surface area contributed by atoms with Crippen LogP contribution in [0, 0.1) is 0 Å². The zero-order valence-corrected chi connectivity index (χ0v) is 23.3. The van der Waals surface area contributed by atoms with Gasteiger partial charge in [0.15, 0.2) is 0 Å². The lowest BCUT2D eigenvalue weighted by atomic mass is 9.79. The maximum atomic E-state index is 6.67. The SMILES string of the molecule is CC(C)(C)c1cc2c(c(C(C)(C)C)c1)O[C@H]1Nc3cc(C(C)(C)C)cc(C(C)(C)C)c3O[C@H]1N2. The fourth-order valence-electron chi connectivity index (χ4n) is 4.60. The van der Waals surface area contributed by atoms with Crippen LogP contribution in [0.25, 0.3) is 0 Å². The number of rotatable bonds is 0. The first-order chi connectivity index (χ1) is 15.4. The summed E-state index contributed by atoms with van der Waals surface area (Å²) in [7, 11) is 0. The fourth-order valence-corrected chi connectivity index (χ4v) is 4.60. The molecule has 4 nitrogen and oxygen atoms in total. The van der Waals surface area contributed by atoms with E-state index in [2.05, 4.69) is 118 Å². The third-order valence-corrected chi connectivity index (χ3v) is 6.89. The number of fused-ring (bicyclic) bond motifs is 3. The Hall–Kier alpha value is -2.36. The summed E-state index contributed by atoms with van der Waals surface area (Å²) in [5, 5.41) is 7.36. The predicted octanol–water partition coefficient (Wildman–Crippen LogP) is 7.84. The highest BCUT2D eigenvalue weighted by molar-refractivity contribution is 5.70. The smallest absolute Gasteiger partial charge is 0.226 e. The number of ether oxygens (including phenoxy) is 2. The molecule has 0 bridgehead atoms. The van der Waals surface area contributed by atoms with E-state index in [0.717, 1.165) is 22.9 Å². The van der Waals surface area contributed by atoms with Gasteiger partial charge in [-0.3, -0.25) is 0 Å². The first kappa shape index (κ1) is 24.8. The lowest BCUT2D eigenvalue weighted by Crippen LogP contribution is -2.53. The lowest BCUT2D eigenvalue weighted by molar-refractivity contribution is 0.0668. The van der Waals surface area contributed by atoms with Crippen molar-refractivity contribution in [1.29, 1.82) is 0 Å². The van der Waals surface area contributed by atoms with Crippen LogP contribution in [0.3, 0.4) is 0 Å². The van der Waals surface area contributed by atoms with Gasteiger partial charge in [0, 0.05) is 11.1 Å². The summed E-state index contributed by atoms with van der Waals surface area (Å²) in [5.41, 5.74) is 7.00. The molecule has 186 valence electrons. The molecule has 4 rings (SSSR count). The molecular formula is C30H44N2O2. The van der Waals surface area contributed by atoms with Crippen LogP contribution in [0.1, 0.15) is 105 Å². The Labute approximate surface area is 206 Å². The largest absolute Gasteiger partial charge is 0.462 e. The maximum absolute atomic E-state index is 6.67. The van der Waals surface area contributed by atoms with Crippen LogP contribution >= 0.6 is 0 Å². The second-order valence-electron chi connectivity index (χ2n) is 14.2. The summed E-state index contributed by atoms with van der Waals surface area (Å²) in [6, 6.07) is 9.09. The van der Waals surface area contributed by atoms with Gasteiger partial charge >= 0.3 is 0 Å². The number of anilines is 2. The van der Waals surface area contributed by atoms with Crippen molar-refractivity contribution in [2.24, 2.45) is 0 Å². The Morgan fingerprint density at radius 3 is 1.09 bits per heavy atom. The van der Waals surface area contributed by atoms with Gasteiger partial charge < -0.3 is 20.1 Å². The monoisotopic (exact) mass is 464 g/mol. The van der Waals surface area contributed by atoms with Gasteiger partial charge in [0.25, 0.3) is 0 Å². The van der Waals surface area contributed by atoms with Crippen molar-refractivity contribution in [3.63, 3.8) is 0 Å². The minimum Gasteiger partial charge on any atom is -0.462 e. The maximum Gasteiger partial charge on any atom is 0.226 e. The average Bonchev–Trinajstić information content (AvgIpc) is 2.66. The van der Waals surface area contributed by atoms with Crippen LogP contribution in [0.4, 0.5) is 11.4 Å². The minimum absolute atomic E-state index is 0.0363. The Morgan fingerprint density at radius 2 is 0.824 bits per heavy atom. The van der Waals surface area contributed by atoms with Gasteiger partial charge in [0.1, 0.15) is 11.5 Å². The topological polar surface area (TPSA) is 42.5 Å². The van der Waals surface area contributed by atoms with Crippen LogP contribution in [0.15, 0.2) is 24.3 Å². The highest BCUT2D eigenvalue weighted by Crippen LogP contribution is 2.48. The molecule has 0 saturated heterocycles. The molecule has 2 aliphatic rings. The molecule has 2 heterocycles. The van der Waals surface area contributed by atoms with Crippen molar-refractivity contribution in [2.75, 3.05) is 10.6 Å². The second kappa shape index (κ2) is 7.57. The van der Waals surface area contributed by atoms with E-state index in [-0.39, 0.29) is 34.1 Å². The second-order valence-corrected chi connectivity index (χ2v) is 14.2. The number of hydrogen-bond acceptors (Lipinski definition) is 4. The summed E-state index contributed by atoms with van der Waals surface area (Å²) in [6.07, 6.45) is -0.630. The zero-order valence-electron chi connectivity index (χ0n) is 23.3. The van der Waals surface area contributed by atoms with E-state index < -0.39 is 0 Å². The van der Waals surface area contributed by atoms with Gasteiger partial charge in [-0.25, -0.2) is 0 Å². The van der Waals surface area contributed by atoms with Crippen LogP contribution in [-0.4, -0.2) is 12.5 Å². The average molecular weight is 465 g/mol. The van der Waals surface area contributed by atoms with Gasteiger partial charge in [-0.1, -0.05) is 95.2 Å².